The van der Waals surface area contributed by atoms with Crippen LogP contribution in [0.2, 0.25) is 0 Å². The van der Waals surface area contributed by atoms with Gasteiger partial charge in [-0.05, 0) is 29.8 Å². The molecular weight excluding hydrogens is 202 g/mol. The van der Waals surface area contributed by atoms with E-state index in [0.29, 0.717) is 5.75 Å². The number of nitrogens with two attached hydrogens (primary N) is 1. The van der Waals surface area contributed by atoms with Crippen molar-refractivity contribution in [3.8, 4) is 5.75 Å². The van der Waals surface area contributed by atoms with Crippen LogP contribution in [0.4, 0.5) is 0 Å². The largest absolute Gasteiger partial charge is 0.481 e. The van der Waals surface area contributed by atoms with Crippen molar-refractivity contribution in [3.63, 3.8) is 0 Å². The summed E-state index contributed by atoms with van der Waals surface area (Å²) in [5.74, 6) is 0.193. The number of benzene rings is 2. The lowest BCUT2D eigenvalue weighted by Gasteiger charge is -2.11. The fourth-order valence-corrected chi connectivity index (χ4v) is 1.50. The van der Waals surface area contributed by atoms with Crippen molar-refractivity contribution < 1.29 is 9.53 Å². The molecule has 82 valence electrons. The molecule has 0 aliphatic rings. The van der Waals surface area contributed by atoms with Gasteiger partial charge in [0, 0.05) is 0 Å². The molecule has 0 bridgehead atoms. The quantitative estimate of drug-likeness (QED) is 0.852. The third kappa shape index (κ3) is 2.14. The Kier molecular flexibility index (Phi) is 2.77. The molecule has 0 saturated carbocycles. The van der Waals surface area contributed by atoms with Crippen LogP contribution >= 0.6 is 0 Å². The van der Waals surface area contributed by atoms with Gasteiger partial charge in [-0.1, -0.05) is 30.3 Å². The van der Waals surface area contributed by atoms with Gasteiger partial charge in [0.1, 0.15) is 5.75 Å². The summed E-state index contributed by atoms with van der Waals surface area (Å²) < 4.78 is 5.41. The van der Waals surface area contributed by atoms with E-state index in [1.165, 1.54) is 0 Å². The van der Waals surface area contributed by atoms with Crippen molar-refractivity contribution in [2.45, 2.75) is 13.0 Å². The standard InChI is InChI=1S/C13H13NO2/c1-9(13(14)15)16-12-7-6-10-4-2-3-5-11(10)8-12/h2-9H,1H3,(H2,14,15)/t9-/m1/s1. The van der Waals surface area contributed by atoms with Crippen molar-refractivity contribution >= 4 is 16.7 Å². The molecule has 1 atom stereocenters. The molecule has 0 spiro atoms. The van der Waals surface area contributed by atoms with E-state index in [4.69, 9.17) is 10.5 Å². The summed E-state index contributed by atoms with van der Waals surface area (Å²) in [6.07, 6.45) is -0.610. The van der Waals surface area contributed by atoms with Crippen LogP contribution in [0.3, 0.4) is 0 Å². The fourth-order valence-electron chi connectivity index (χ4n) is 1.50. The second-order valence-electron chi connectivity index (χ2n) is 3.67. The summed E-state index contributed by atoms with van der Waals surface area (Å²) in [5.41, 5.74) is 5.13. The maximum absolute atomic E-state index is 10.9. The average molecular weight is 215 g/mol. The molecule has 1 amide bonds. The first-order valence-corrected chi connectivity index (χ1v) is 5.11. The normalized spacial score (nSPS) is 12.3. The minimum atomic E-state index is -0.610. The minimum absolute atomic E-state index is 0.465. The summed E-state index contributed by atoms with van der Waals surface area (Å²) >= 11 is 0. The van der Waals surface area contributed by atoms with Crippen LogP contribution in [0.25, 0.3) is 10.8 Å². The summed E-state index contributed by atoms with van der Waals surface area (Å²) in [4.78, 5) is 10.9. The molecule has 16 heavy (non-hydrogen) atoms. The number of ether oxygens (including phenoxy) is 1. The van der Waals surface area contributed by atoms with Crippen molar-refractivity contribution in [1.29, 1.82) is 0 Å². The SMILES string of the molecule is C[C@@H](Oc1ccc2ccccc2c1)C(N)=O. The zero-order chi connectivity index (χ0) is 11.5. The Morgan fingerprint density at radius 3 is 2.56 bits per heavy atom. The van der Waals surface area contributed by atoms with E-state index in [9.17, 15) is 4.79 Å². The number of hydrogen-bond donors (Lipinski definition) is 1. The zero-order valence-corrected chi connectivity index (χ0v) is 9.01. The molecule has 2 aromatic rings. The Bertz CT molecular complexity index is 522. The second kappa shape index (κ2) is 4.23. The molecule has 3 heteroatoms. The predicted molar refractivity (Wildman–Crippen MR) is 63.2 cm³/mol. The van der Waals surface area contributed by atoms with E-state index >= 15 is 0 Å². The number of hydrogen-bond acceptors (Lipinski definition) is 2. The Morgan fingerprint density at radius 2 is 1.88 bits per heavy atom. The summed E-state index contributed by atoms with van der Waals surface area (Å²) in [7, 11) is 0. The van der Waals surface area contributed by atoms with Gasteiger partial charge >= 0.3 is 0 Å². The number of carbonyl (C=O) groups excluding carboxylic acids is 1. The molecule has 0 fully saturated rings. The van der Waals surface area contributed by atoms with Crippen molar-refractivity contribution in [3.05, 3.63) is 42.5 Å². The van der Waals surface area contributed by atoms with Crippen LogP contribution in [-0.4, -0.2) is 12.0 Å². The van der Waals surface area contributed by atoms with Gasteiger partial charge in [0.25, 0.3) is 5.91 Å². The van der Waals surface area contributed by atoms with E-state index < -0.39 is 12.0 Å². The Hall–Kier alpha value is -2.03. The Labute approximate surface area is 93.8 Å². The van der Waals surface area contributed by atoms with E-state index in [0.717, 1.165) is 10.8 Å². The topological polar surface area (TPSA) is 52.3 Å². The lowest BCUT2D eigenvalue weighted by atomic mass is 10.1. The van der Waals surface area contributed by atoms with Crippen molar-refractivity contribution in [1.82, 2.24) is 0 Å². The van der Waals surface area contributed by atoms with Crippen molar-refractivity contribution in [2.24, 2.45) is 5.73 Å². The van der Waals surface area contributed by atoms with Crippen LogP contribution in [-0.2, 0) is 4.79 Å². The van der Waals surface area contributed by atoms with Gasteiger partial charge in [0.2, 0.25) is 0 Å². The molecule has 0 aliphatic carbocycles. The second-order valence-corrected chi connectivity index (χ2v) is 3.67. The van der Waals surface area contributed by atoms with Gasteiger partial charge in [-0.25, -0.2) is 0 Å². The molecular formula is C13H13NO2. The summed E-state index contributed by atoms with van der Waals surface area (Å²) in [5, 5.41) is 2.22. The fraction of sp³-hybridized carbons (Fsp3) is 0.154. The molecule has 0 radical (unpaired) electrons. The van der Waals surface area contributed by atoms with Crippen LogP contribution in [0.5, 0.6) is 5.75 Å². The van der Waals surface area contributed by atoms with E-state index in [1.807, 2.05) is 42.5 Å². The Morgan fingerprint density at radius 1 is 1.19 bits per heavy atom. The first-order valence-electron chi connectivity index (χ1n) is 5.11. The lowest BCUT2D eigenvalue weighted by Crippen LogP contribution is -2.30. The molecule has 0 heterocycles. The van der Waals surface area contributed by atoms with Gasteiger partial charge < -0.3 is 10.5 Å². The molecule has 0 unspecified atom stereocenters. The summed E-state index contributed by atoms with van der Waals surface area (Å²) in [6, 6.07) is 13.7. The average Bonchev–Trinajstić information content (AvgIpc) is 2.28. The van der Waals surface area contributed by atoms with E-state index in [-0.39, 0.29) is 0 Å². The summed E-state index contributed by atoms with van der Waals surface area (Å²) in [6.45, 7) is 1.64. The monoisotopic (exact) mass is 215 g/mol. The Balaban J connectivity index is 2.29. The van der Waals surface area contributed by atoms with E-state index in [1.54, 1.807) is 6.92 Å². The van der Waals surface area contributed by atoms with Crippen LogP contribution < -0.4 is 10.5 Å². The molecule has 0 saturated heterocycles. The van der Waals surface area contributed by atoms with Gasteiger partial charge in [-0.3, -0.25) is 4.79 Å². The molecule has 0 aromatic heterocycles. The van der Waals surface area contributed by atoms with Gasteiger partial charge in [0.05, 0.1) is 0 Å². The maximum Gasteiger partial charge on any atom is 0.258 e. The number of primary amides is 1. The highest BCUT2D eigenvalue weighted by Gasteiger charge is 2.09. The van der Waals surface area contributed by atoms with Crippen LogP contribution in [0.1, 0.15) is 6.92 Å². The highest BCUT2D eigenvalue weighted by atomic mass is 16.5. The van der Waals surface area contributed by atoms with Gasteiger partial charge in [-0.15, -0.1) is 0 Å². The van der Waals surface area contributed by atoms with Gasteiger partial charge in [0.15, 0.2) is 6.10 Å². The molecule has 2 aromatic carbocycles. The third-order valence-corrected chi connectivity index (χ3v) is 2.43. The molecule has 2 rings (SSSR count). The van der Waals surface area contributed by atoms with E-state index in [2.05, 4.69) is 0 Å². The number of rotatable bonds is 3. The predicted octanol–water partition coefficient (Wildman–Crippen LogP) is 2.09. The molecule has 2 N–H and O–H groups in total. The first kappa shape index (κ1) is 10.5. The van der Waals surface area contributed by atoms with Crippen LogP contribution in [0, 0.1) is 0 Å². The maximum atomic E-state index is 10.9. The first-order chi connectivity index (χ1) is 7.66. The number of carbonyl (C=O) groups is 1. The highest BCUT2D eigenvalue weighted by Crippen LogP contribution is 2.21. The molecule has 3 nitrogen and oxygen atoms in total. The lowest BCUT2D eigenvalue weighted by molar-refractivity contribution is -0.123. The van der Waals surface area contributed by atoms with Gasteiger partial charge in [-0.2, -0.15) is 0 Å². The smallest absolute Gasteiger partial charge is 0.258 e. The van der Waals surface area contributed by atoms with Crippen LogP contribution in [0.15, 0.2) is 42.5 Å². The minimum Gasteiger partial charge on any atom is -0.481 e. The molecule has 0 aliphatic heterocycles. The van der Waals surface area contributed by atoms with Crippen molar-refractivity contribution in [2.75, 3.05) is 0 Å². The third-order valence-electron chi connectivity index (χ3n) is 2.43. The highest BCUT2D eigenvalue weighted by molar-refractivity contribution is 5.84. The number of fused-ring (bicyclic) bond motifs is 1. The zero-order valence-electron chi connectivity index (χ0n) is 9.01. The number of amides is 1.